The molecule has 1 atom stereocenters. The lowest BCUT2D eigenvalue weighted by atomic mass is 9.96. The third kappa shape index (κ3) is 3.58. The lowest BCUT2D eigenvalue weighted by molar-refractivity contribution is 0.136. The first-order chi connectivity index (χ1) is 10.8. The number of aliphatic hydroxyl groups is 1. The first-order valence-electron chi connectivity index (χ1n) is 8.34. The minimum Gasteiger partial charge on any atom is -0.396 e. The Hall–Kier alpha value is -1.63. The number of likely N-dealkylation sites (tertiary alicyclic amines) is 1. The van der Waals surface area contributed by atoms with Gasteiger partial charge in [0.05, 0.1) is 6.04 Å². The molecule has 2 fully saturated rings. The van der Waals surface area contributed by atoms with Crippen LogP contribution in [0.2, 0.25) is 0 Å². The molecule has 2 N–H and O–H groups in total. The van der Waals surface area contributed by atoms with Crippen molar-refractivity contribution in [1.82, 2.24) is 19.7 Å². The van der Waals surface area contributed by atoms with E-state index in [9.17, 15) is 9.90 Å². The number of urea groups is 1. The van der Waals surface area contributed by atoms with Gasteiger partial charge in [-0.15, -0.1) is 5.10 Å². The van der Waals surface area contributed by atoms with Crippen LogP contribution in [-0.4, -0.2) is 50.5 Å². The molecule has 0 bridgehead atoms. The third-order valence-electron chi connectivity index (χ3n) is 4.74. The molecule has 22 heavy (non-hydrogen) atoms. The first-order valence-corrected chi connectivity index (χ1v) is 8.34. The number of aliphatic hydroxyl groups excluding tert-OH is 1. The Balaban J connectivity index is 1.56. The van der Waals surface area contributed by atoms with Crippen LogP contribution < -0.4 is 5.32 Å². The Morgan fingerprint density at radius 1 is 1.27 bits per heavy atom. The molecule has 2 heterocycles. The molecule has 1 aliphatic carbocycles. The maximum atomic E-state index is 12.3. The smallest absolute Gasteiger partial charge is 0.324 e. The second kappa shape index (κ2) is 7.09. The lowest BCUT2D eigenvalue weighted by Gasteiger charge is -2.31. The molecule has 0 spiro atoms. The Bertz CT molecular complexity index is 498. The zero-order chi connectivity index (χ0) is 15.4. The molecule has 1 aromatic rings. The van der Waals surface area contributed by atoms with Gasteiger partial charge < -0.3 is 10.0 Å². The average molecular weight is 307 g/mol. The quantitative estimate of drug-likeness (QED) is 0.895. The number of nitrogens with one attached hydrogen (secondary N) is 1. The fourth-order valence-corrected chi connectivity index (χ4v) is 3.43. The first kappa shape index (κ1) is 15.3. The topological polar surface area (TPSA) is 83.3 Å². The molecule has 2 amide bonds. The predicted octanol–water partition coefficient (Wildman–Crippen LogP) is 2.02. The highest BCUT2D eigenvalue weighted by molar-refractivity contribution is 5.87. The third-order valence-corrected chi connectivity index (χ3v) is 4.74. The molecular formula is C15H25N5O2. The molecule has 1 aliphatic heterocycles. The normalized spacial score (nSPS) is 23.5. The van der Waals surface area contributed by atoms with Crippen LogP contribution in [0.25, 0.3) is 0 Å². The summed E-state index contributed by atoms with van der Waals surface area (Å²) in [6, 6.07) is 0.250. The van der Waals surface area contributed by atoms with E-state index in [0.717, 1.165) is 32.2 Å². The number of carbonyl (C=O) groups is 1. The molecule has 2 aliphatic rings. The highest BCUT2D eigenvalue weighted by Gasteiger charge is 2.24. The highest BCUT2D eigenvalue weighted by Crippen LogP contribution is 2.27. The number of hydrogen-bond acceptors (Lipinski definition) is 4. The molecule has 3 rings (SSSR count). The maximum absolute atomic E-state index is 12.3. The van der Waals surface area contributed by atoms with Gasteiger partial charge in [0.25, 0.3) is 0 Å². The van der Waals surface area contributed by atoms with Crippen molar-refractivity contribution in [2.45, 2.75) is 51.0 Å². The zero-order valence-electron chi connectivity index (χ0n) is 12.9. The van der Waals surface area contributed by atoms with E-state index >= 15 is 0 Å². The summed E-state index contributed by atoms with van der Waals surface area (Å²) in [6.07, 6.45) is 9.69. The Kier molecular flexibility index (Phi) is 4.92. The SMILES string of the molecule is O=C(Nc1ncn(C2CCCCC2)n1)N1CCC[C@H](CO)C1. The molecule has 0 radical (unpaired) electrons. The Morgan fingerprint density at radius 3 is 2.86 bits per heavy atom. The molecule has 1 saturated heterocycles. The summed E-state index contributed by atoms with van der Waals surface area (Å²) in [5.41, 5.74) is 0. The number of rotatable bonds is 3. The van der Waals surface area contributed by atoms with Crippen molar-refractivity contribution in [3.05, 3.63) is 6.33 Å². The highest BCUT2D eigenvalue weighted by atomic mass is 16.3. The van der Waals surface area contributed by atoms with Crippen LogP contribution in [0.4, 0.5) is 10.7 Å². The van der Waals surface area contributed by atoms with Crippen LogP contribution in [0.5, 0.6) is 0 Å². The summed E-state index contributed by atoms with van der Waals surface area (Å²) in [5, 5.41) is 16.4. The van der Waals surface area contributed by atoms with Gasteiger partial charge in [-0.25, -0.2) is 14.5 Å². The van der Waals surface area contributed by atoms with Gasteiger partial charge in [0.15, 0.2) is 0 Å². The number of hydrogen-bond donors (Lipinski definition) is 2. The van der Waals surface area contributed by atoms with Gasteiger partial charge in [-0.1, -0.05) is 19.3 Å². The van der Waals surface area contributed by atoms with E-state index in [4.69, 9.17) is 0 Å². The van der Waals surface area contributed by atoms with Gasteiger partial charge in [-0.05, 0) is 31.6 Å². The van der Waals surface area contributed by atoms with Crippen molar-refractivity contribution in [3.63, 3.8) is 0 Å². The summed E-state index contributed by atoms with van der Waals surface area (Å²) >= 11 is 0. The second-order valence-corrected chi connectivity index (χ2v) is 6.41. The van der Waals surface area contributed by atoms with Crippen molar-refractivity contribution in [1.29, 1.82) is 0 Å². The molecule has 7 nitrogen and oxygen atoms in total. The number of nitrogens with zero attached hydrogens (tertiary/aromatic N) is 4. The van der Waals surface area contributed by atoms with Gasteiger partial charge >= 0.3 is 6.03 Å². The van der Waals surface area contributed by atoms with Crippen LogP contribution in [0, 0.1) is 5.92 Å². The fourth-order valence-electron chi connectivity index (χ4n) is 3.43. The summed E-state index contributed by atoms with van der Waals surface area (Å²) in [6.45, 7) is 1.47. The van der Waals surface area contributed by atoms with Gasteiger partial charge in [-0.2, -0.15) is 0 Å². The standard InChI is InChI=1S/C15H25N5O2/c21-10-12-5-4-8-19(9-12)15(22)17-14-16-11-20(18-14)13-6-2-1-3-7-13/h11-13,21H,1-10H2,(H,17,18,22)/t12-/m0/s1. The van der Waals surface area contributed by atoms with Crippen LogP contribution in [-0.2, 0) is 0 Å². The van der Waals surface area contributed by atoms with Crippen molar-refractivity contribution in [2.75, 3.05) is 25.0 Å². The Morgan fingerprint density at radius 2 is 2.09 bits per heavy atom. The van der Waals surface area contributed by atoms with E-state index in [0.29, 0.717) is 18.5 Å². The fraction of sp³-hybridized carbons (Fsp3) is 0.800. The second-order valence-electron chi connectivity index (χ2n) is 6.41. The largest absolute Gasteiger partial charge is 0.396 e. The summed E-state index contributed by atoms with van der Waals surface area (Å²) < 4.78 is 1.89. The van der Waals surface area contributed by atoms with Gasteiger partial charge in [-0.3, -0.25) is 5.32 Å². The van der Waals surface area contributed by atoms with Crippen molar-refractivity contribution < 1.29 is 9.90 Å². The van der Waals surface area contributed by atoms with Crippen LogP contribution >= 0.6 is 0 Å². The summed E-state index contributed by atoms with van der Waals surface area (Å²) in [5.74, 6) is 0.564. The van der Waals surface area contributed by atoms with Crippen LogP contribution in [0.1, 0.15) is 51.0 Å². The van der Waals surface area contributed by atoms with E-state index in [1.807, 2.05) is 4.68 Å². The van der Waals surface area contributed by atoms with Crippen molar-refractivity contribution in [2.24, 2.45) is 5.92 Å². The minimum absolute atomic E-state index is 0.137. The molecule has 7 heteroatoms. The minimum atomic E-state index is -0.167. The lowest BCUT2D eigenvalue weighted by Crippen LogP contribution is -2.43. The molecule has 1 saturated carbocycles. The van der Waals surface area contributed by atoms with Gasteiger partial charge in [0, 0.05) is 19.7 Å². The van der Waals surface area contributed by atoms with Crippen molar-refractivity contribution >= 4 is 12.0 Å². The average Bonchev–Trinajstić information content (AvgIpc) is 3.04. The van der Waals surface area contributed by atoms with E-state index in [-0.39, 0.29) is 18.6 Å². The number of anilines is 1. The molecular weight excluding hydrogens is 282 g/mol. The van der Waals surface area contributed by atoms with Crippen LogP contribution in [0.15, 0.2) is 6.33 Å². The number of piperidine rings is 1. The van der Waals surface area contributed by atoms with E-state index in [1.165, 1.54) is 19.3 Å². The van der Waals surface area contributed by atoms with Gasteiger partial charge in [0.1, 0.15) is 6.33 Å². The summed E-state index contributed by atoms with van der Waals surface area (Å²) in [4.78, 5) is 18.2. The predicted molar refractivity (Wildman–Crippen MR) is 82.5 cm³/mol. The molecule has 122 valence electrons. The van der Waals surface area contributed by atoms with E-state index < -0.39 is 0 Å². The monoisotopic (exact) mass is 307 g/mol. The van der Waals surface area contributed by atoms with E-state index in [2.05, 4.69) is 15.4 Å². The van der Waals surface area contributed by atoms with Gasteiger partial charge in [0.2, 0.25) is 5.95 Å². The van der Waals surface area contributed by atoms with Crippen molar-refractivity contribution in [3.8, 4) is 0 Å². The molecule has 0 unspecified atom stereocenters. The molecule has 1 aromatic heterocycles. The number of carbonyl (C=O) groups excluding carboxylic acids is 1. The van der Waals surface area contributed by atoms with E-state index in [1.54, 1.807) is 11.2 Å². The maximum Gasteiger partial charge on any atom is 0.324 e. The number of amides is 2. The zero-order valence-corrected chi connectivity index (χ0v) is 12.9. The summed E-state index contributed by atoms with van der Waals surface area (Å²) in [7, 11) is 0. The Labute approximate surface area is 130 Å². The van der Waals surface area contributed by atoms with Crippen LogP contribution in [0.3, 0.4) is 0 Å². The number of aromatic nitrogens is 3. The molecule has 0 aromatic carbocycles.